The van der Waals surface area contributed by atoms with Gasteiger partial charge < -0.3 is 13.9 Å². The van der Waals surface area contributed by atoms with Gasteiger partial charge in [-0.05, 0) is 6.07 Å². The predicted molar refractivity (Wildman–Crippen MR) is 102 cm³/mol. The van der Waals surface area contributed by atoms with E-state index in [-0.39, 0.29) is 34.7 Å². The van der Waals surface area contributed by atoms with Crippen molar-refractivity contribution in [3.05, 3.63) is 62.5 Å². The SMILES string of the molecule is COc1cc([N+](=O)[O-])c(OC)cc1SCc1nnc(-c2cccc([N+](=O)[O-])c2)o1. The molecule has 29 heavy (non-hydrogen) atoms. The van der Waals surface area contributed by atoms with Crippen LogP contribution in [0.5, 0.6) is 11.5 Å². The Balaban J connectivity index is 1.80. The third-order valence-corrected chi connectivity index (χ3v) is 4.81. The molecule has 0 radical (unpaired) electrons. The zero-order valence-electron chi connectivity index (χ0n) is 15.2. The van der Waals surface area contributed by atoms with E-state index in [4.69, 9.17) is 13.9 Å². The van der Waals surface area contributed by atoms with E-state index in [9.17, 15) is 20.2 Å². The van der Waals surface area contributed by atoms with Crippen LogP contribution in [0.2, 0.25) is 0 Å². The lowest BCUT2D eigenvalue weighted by atomic mass is 10.2. The molecule has 3 aromatic rings. The van der Waals surface area contributed by atoms with E-state index in [0.717, 1.165) is 0 Å². The topological polar surface area (TPSA) is 144 Å². The Morgan fingerprint density at radius 1 is 1.03 bits per heavy atom. The lowest BCUT2D eigenvalue weighted by molar-refractivity contribution is -0.385. The minimum absolute atomic E-state index is 0.0839. The van der Waals surface area contributed by atoms with E-state index in [2.05, 4.69) is 10.2 Å². The van der Waals surface area contributed by atoms with Crippen molar-refractivity contribution < 1.29 is 23.7 Å². The molecule has 1 aromatic heterocycles. The van der Waals surface area contributed by atoms with Crippen molar-refractivity contribution >= 4 is 23.1 Å². The van der Waals surface area contributed by atoms with Crippen LogP contribution in [0.1, 0.15) is 5.89 Å². The van der Waals surface area contributed by atoms with Crippen LogP contribution < -0.4 is 9.47 Å². The zero-order chi connectivity index (χ0) is 21.0. The number of benzene rings is 2. The van der Waals surface area contributed by atoms with E-state index in [1.165, 1.54) is 56.3 Å². The highest BCUT2D eigenvalue weighted by molar-refractivity contribution is 7.98. The molecule has 0 atom stereocenters. The van der Waals surface area contributed by atoms with Gasteiger partial charge in [-0.2, -0.15) is 0 Å². The summed E-state index contributed by atoms with van der Waals surface area (Å²) in [4.78, 5) is 21.6. The van der Waals surface area contributed by atoms with E-state index in [1.807, 2.05) is 0 Å². The highest BCUT2D eigenvalue weighted by Crippen LogP contribution is 2.40. The number of thioether (sulfide) groups is 1. The fourth-order valence-corrected chi connectivity index (χ4v) is 3.30. The van der Waals surface area contributed by atoms with Gasteiger partial charge in [0, 0.05) is 23.8 Å². The van der Waals surface area contributed by atoms with Gasteiger partial charge in [0.25, 0.3) is 5.69 Å². The molecule has 2 aromatic carbocycles. The molecular weight excluding hydrogens is 404 g/mol. The number of nitro benzene ring substituents is 2. The molecular formula is C17H14N4O7S. The van der Waals surface area contributed by atoms with Gasteiger partial charge in [-0.3, -0.25) is 20.2 Å². The summed E-state index contributed by atoms with van der Waals surface area (Å²) in [6.07, 6.45) is 0. The van der Waals surface area contributed by atoms with Crippen molar-refractivity contribution in [1.82, 2.24) is 10.2 Å². The molecule has 0 saturated heterocycles. The quantitative estimate of drug-likeness (QED) is 0.300. The second kappa shape index (κ2) is 8.56. The summed E-state index contributed by atoms with van der Waals surface area (Å²) in [5.41, 5.74) is 0.135. The Hall–Kier alpha value is -3.67. The molecule has 150 valence electrons. The minimum atomic E-state index is -0.556. The van der Waals surface area contributed by atoms with Crippen LogP contribution in [-0.4, -0.2) is 34.3 Å². The number of nitro groups is 2. The highest BCUT2D eigenvalue weighted by Gasteiger charge is 2.21. The molecule has 0 aliphatic carbocycles. The van der Waals surface area contributed by atoms with Gasteiger partial charge in [-0.25, -0.2) is 0 Å². The van der Waals surface area contributed by atoms with Crippen molar-refractivity contribution in [2.75, 3.05) is 14.2 Å². The smallest absolute Gasteiger partial charge is 0.314 e. The lowest BCUT2D eigenvalue weighted by Crippen LogP contribution is -1.96. The Labute approximate surface area is 167 Å². The van der Waals surface area contributed by atoms with Crippen LogP contribution in [0, 0.1) is 20.2 Å². The molecule has 11 nitrogen and oxygen atoms in total. The van der Waals surface area contributed by atoms with Crippen LogP contribution >= 0.6 is 11.8 Å². The van der Waals surface area contributed by atoms with Gasteiger partial charge in [0.05, 0.1) is 40.8 Å². The first-order valence-electron chi connectivity index (χ1n) is 8.03. The van der Waals surface area contributed by atoms with Crippen LogP contribution in [0.25, 0.3) is 11.5 Å². The summed E-state index contributed by atoms with van der Waals surface area (Å²) >= 11 is 1.26. The Morgan fingerprint density at radius 2 is 1.79 bits per heavy atom. The fourth-order valence-electron chi connectivity index (χ4n) is 2.43. The molecule has 3 rings (SSSR count). The summed E-state index contributed by atoms with van der Waals surface area (Å²) in [5.74, 6) is 1.08. The minimum Gasteiger partial charge on any atom is -0.495 e. The van der Waals surface area contributed by atoms with Crippen LogP contribution in [0.4, 0.5) is 11.4 Å². The van der Waals surface area contributed by atoms with Gasteiger partial charge in [-0.1, -0.05) is 6.07 Å². The average molecular weight is 418 g/mol. The van der Waals surface area contributed by atoms with E-state index in [1.54, 1.807) is 6.07 Å². The Morgan fingerprint density at radius 3 is 2.45 bits per heavy atom. The van der Waals surface area contributed by atoms with E-state index in [0.29, 0.717) is 16.2 Å². The summed E-state index contributed by atoms with van der Waals surface area (Å²) in [7, 11) is 2.75. The van der Waals surface area contributed by atoms with Gasteiger partial charge in [0.1, 0.15) is 5.75 Å². The van der Waals surface area contributed by atoms with Crippen molar-refractivity contribution in [3.8, 4) is 23.0 Å². The molecule has 1 heterocycles. The maximum atomic E-state index is 11.1. The molecule has 0 N–H and O–H groups in total. The van der Waals surface area contributed by atoms with Crippen LogP contribution in [0.15, 0.2) is 45.7 Å². The van der Waals surface area contributed by atoms with Gasteiger partial charge in [0.15, 0.2) is 5.75 Å². The van der Waals surface area contributed by atoms with Crippen molar-refractivity contribution in [1.29, 1.82) is 0 Å². The maximum Gasteiger partial charge on any atom is 0.314 e. The number of aromatic nitrogens is 2. The first-order valence-corrected chi connectivity index (χ1v) is 9.02. The number of non-ortho nitro benzene ring substituents is 1. The van der Waals surface area contributed by atoms with Crippen molar-refractivity contribution in [2.24, 2.45) is 0 Å². The fraction of sp³-hybridized carbons (Fsp3) is 0.176. The molecule has 0 unspecified atom stereocenters. The lowest BCUT2D eigenvalue weighted by Gasteiger charge is -2.09. The van der Waals surface area contributed by atoms with Crippen molar-refractivity contribution in [2.45, 2.75) is 10.6 Å². The third-order valence-electron chi connectivity index (χ3n) is 3.78. The summed E-state index contributed by atoms with van der Waals surface area (Å²) in [5, 5.41) is 29.9. The molecule has 0 fully saturated rings. The summed E-state index contributed by atoms with van der Waals surface area (Å²) < 4.78 is 15.9. The molecule has 0 spiro atoms. The molecule has 0 aliphatic heterocycles. The summed E-state index contributed by atoms with van der Waals surface area (Å²) in [6.45, 7) is 0. The number of hydrogen-bond donors (Lipinski definition) is 0. The second-order valence-corrected chi connectivity index (χ2v) is 6.55. The standard InChI is InChI=1S/C17H14N4O7S/c1-26-13-8-15(14(27-2)7-12(13)21(24)25)29-9-16-18-19-17(28-16)10-4-3-5-11(6-10)20(22)23/h3-8H,9H2,1-2H3. The molecule has 0 saturated carbocycles. The van der Waals surface area contributed by atoms with Gasteiger partial charge >= 0.3 is 5.69 Å². The first kappa shape index (κ1) is 20.1. The molecule has 12 heteroatoms. The third kappa shape index (κ3) is 4.43. The normalized spacial score (nSPS) is 10.6. The molecule has 0 bridgehead atoms. The number of hydrogen-bond acceptors (Lipinski definition) is 10. The van der Waals surface area contributed by atoms with Gasteiger partial charge in [-0.15, -0.1) is 22.0 Å². The highest BCUT2D eigenvalue weighted by atomic mass is 32.2. The van der Waals surface area contributed by atoms with E-state index >= 15 is 0 Å². The van der Waals surface area contributed by atoms with Crippen molar-refractivity contribution in [3.63, 3.8) is 0 Å². The number of nitrogens with zero attached hydrogens (tertiary/aromatic N) is 4. The second-order valence-electron chi connectivity index (χ2n) is 5.53. The van der Waals surface area contributed by atoms with Gasteiger partial charge in [0.2, 0.25) is 11.8 Å². The number of methoxy groups -OCH3 is 2. The average Bonchev–Trinajstić information content (AvgIpc) is 3.20. The molecule has 0 aliphatic rings. The zero-order valence-corrected chi connectivity index (χ0v) is 16.0. The predicted octanol–water partition coefficient (Wildman–Crippen LogP) is 3.86. The van der Waals surface area contributed by atoms with E-state index < -0.39 is 9.85 Å². The first-order chi connectivity index (χ1) is 13.9. The monoisotopic (exact) mass is 418 g/mol. The largest absolute Gasteiger partial charge is 0.495 e. The Kier molecular flexibility index (Phi) is 5.93. The van der Waals surface area contributed by atoms with Crippen LogP contribution in [-0.2, 0) is 5.75 Å². The maximum absolute atomic E-state index is 11.1. The van der Waals surface area contributed by atoms with Crippen LogP contribution in [0.3, 0.4) is 0 Å². The molecule has 0 amide bonds. The number of rotatable bonds is 8. The number of ether oxygens (including phenoxy) is 2. The summed E-state index contributed by atoms with van der Waals surface area (Å²) in [6, 6.07) is 8.64. The Bertz CT molecular complexity index is 1070.